The van der Waals surface area contributed by atoms with Gasteiger partial charge in [0.15, 0.2) is 0 Å². The molecule has 2 atom stereocenters. The second kappa shape index (κ2) is 18.8. The molecule has 5 aromatic rings. The predicted molar refractivity (Wildman–Crippen MR) is 260 cm³/mol. The zero-order chi connectivity index (χ0) is 48.2. The van der Waals surface area contributed by atoms with Gasteiger partial charge in [0.05, 0.1) is 51.8 Å². The number of thioether (sulfide) groups is 1. The Hall–Kier alpha value is -5.27. The van der Waals surface area contributed by atoms with Crippen LogP contribution in [0.3, 0.4) is 0 Å². The molecule has 0 bridgehead atoms. The number of ether oxygens (including phenoxy) is 3. The fourth-order valence-corrected chi connectivity index (χ4v) is 13.6. The maximum atomic E-state index is 14.7. The molecular formula is C51H59FN6O9S2. The maximum absolute atomic E-state index is 14.7. The lowest BCUT2D eigenvalue weighted by atomic mass is 9.59. The number of H-pyrrole nitrogens is 1. The van der Waals surface area contributed by atoms with Crippen LogP contribution >= 0.6 is 11.8 Å². The number of nitro benzene ring substituents is 1. The van der Waals surface area contributed by atoms with Crippen LogP contribution in [0, 0.1) is 27.3 Å². The van der Waals surface area contributed by atoms with Gasteiger partial charge in [0.1, 0.15) is 40.2 Å². The summed E-state index contributed by atoms with van der Waals surface area (Å²) in [6.45, 7) is 10.4. The lowest BCUT2D eigenvalue weighted by molar-refractivity contribution is -0.388. The largest absolute Gasteiger partial charge is 0.491 e. The first-order valence-corrected chi connectivity index (χ1v) is 26.4. The lowest BCUT2D eigenvalue weighted by Gasteiger charge is -2.57. The van der Waals surface area contributed by atoms with Gasteiger partial charge in [-0.25, -0.2) is 22.5 Å². The standard InChI is InChI=1S/C51H59FN6O9S2/c1-31(2)38-6-4-5-7-39(38)44-30-65-19-18-57(44)34-25-51(26-34)14-16-56(17-15-51)33-8-9-40(45(21-33)67-35-22-41-42(52)28-54-48(41)53-27-35)49(59)55-69(63,64)37-23-43(58(61)62)47-46(24-37)66-29-36(68-47)20-32-10-12-50(3,60)13-11-32/h4-9,21-24,27-28,31-32,34,36,44,60H,10-20,25-26,29-30H2,1-3H3,(H,53,54)(H,55,59)/t32?,36-,44+,50?/m0/s1. The number of nitro groups is 1. The van der Waals surface area contributed by atoms with E-state index >= 15 is 0 Å². The molecule has 15 nitrogen and oxygen atoms in total. The van der Waals surface area contributed by atoms with Crippen LogP contribution in [0.5, 0.6) is 17.2 Å². The summed E-state index contributed by atoms with van der Waals surface area (Å²) in [6.07, 6.45) is 10.5. The fraction of sp³-hybridized carbons (Fsp3) is 0.490. The highest BCUT2D eigenvalue weighted by molar-refractivity contribution is 8.00. The van der Waals surface area contributed by atoms with E-state index in [9.17, 15) is 32.8 Å². The van der Waals surface area contributed by atoms with Gasteiger partial charge < -0.3 is 29.2 Å². The van der Waals surface area contributed by atoms with Crippen LogP contribution in [0.2, 0.25) is 0 Å². The minimum absolute atomic E-state index is 0.0186. The molecule has 366 valence electrons. The highest BCUT2D eigenvalue weighted by atomic mass is 32.2. The summed E-state index contributed by atoms with van der Waals surface area (Å²) in [5.74, 6) is -0.626. The van der Waals surface area contributed by atoms with Crippen molar-refractivity contribution in [2.24, 2.45) is 11.3 Å². The molecule has 0 radical (unpaired) electrons. The lowest BCUT2D eigenvalue weighted by Crippen LogP contribution is -2.58. The van der Waals surface area contributed by atoms with Crippen LogP contribution < -0.4 is 19.1 Å². The average molecular weight is 983 g/mol. The van der Waals surface area contributed by atoms with Gasteiger partial charge in [0.25, 0.3) is 21.6 Å². The molecule has 3 aliphatic heterocycles. The van der Waals surface area contributed by atoms with Gasteiger partial charge in [-0.3, -0.25) is 19.8 Å². The minimum atomic E-state index is -4.70. The number of anilines is 1. The Kier molecular flexibility index (Phi) is 12.9. The third kappa shape index (κ3) is 9.79. The topological polar surface area (TPSA) is 189 Å². The number of fused-ring (bicyclic) bond motifs is 2. The maximum Gasteiger partial charge on any atom is 0.288 e. The van der Waals surface area contributed by atoms with E-state index in [0.717, 1.165) is 82.9 Å². The Bertz CT molecular complexity index is 2870. The van der Waals surface area contributed by atoms with E-state index < -0.39 is 42.9 Å². The van der Waals surface area contributed by atoms with Gasteiger partial charge in [-0.15, -0.1) is 11.8 Å². The van der Waals surface area contributed by atoms with Crippen molar-refractivity contribution in [1.82, 2.24) is 19.6 Å². The van der Waals surface area contributed by atoms with Gasteiger partial charge in [0.2, 0.25) is 0 Å². The van der Waals surface area contributed by atoms with Gasteiger partial charge in [0, 0.05) is 61.0 Å². The Morgan fingerprint density at radius 1 is 1.07 bits per heavy atom. The number of hydrogen-bond donors (Lipinski definition) is 3. The van der Waals surface area contributed by atoms with Crippen molar-refractivity contribution in [1.29, 1.82) is 0 Å². The SMILES string of the molecule is CC(C)c1ccccc1[C@H]1COCCN1C1CC2(CCN(c3ccc(C(=O)NS(=O)(=O)c4cc5c(c([N+](=O)[O-])c4)S[C@@H](CC4CCC(C)(O)CC4)CO5)c(Oc4cnc5[nH]cc(F)c5c4)c3)CC2)C1. The number of rotatable bonds is 12. The third-order valence-corrected chi connectivity index (χ3v) is 17.9. The average Bonchev–Trinajstić information content (AvgIpc) is 3.70. The Balaban J connectivity index is 0.855. The summed E-state index contributed by atoms with van der Waals surface area (Å²) in [5, 5.41) is 22.9. The van der Waals surface area contributed by atoms with Gasteiger partial charge in [-0.1, -0.05) is 38.1 Å². The molecule has 3 aromatic carbocycles. The summed E-state index contributed by atoms with van der Waals surface area (Å²) in [5.41, 5.74) is 2.77. The highest BCUT2D eigenvalue weighted by Gasteiger charge is 2.50. The first kappa shape index (κ1) is 47.4. The summed E-state index contributed by atoms with van der Waals surface area (Å²) in [6, 6.07) is 18.0. The molecule has 5 heterocycles. The summed E-state index contributed by atoms with van der Waals surface area (Å²) in [4.78, 5) is 37.6. The first-order chi connectivity index (χ1) is 33.0. The molecule has 2 aromatic heterocycles. The van der Waals surface area contributed by atoms with Crippen LogP contribution in [0.15, 0.2) is 82.8 Å². The number of nitrogens with zero attached hydrogens (tertiary/aromatic N) is 4. The third-order valence-electron chi connectivity index (χ3n) is 15.3. The van der Waals surface area contributed by atoms with Crippen LogP contribution in [0.4, 0.5) is 15.8 Å². The molecule has 18 heteroatoms. The number of carbonyl (C=O) groups excluding carboxylic acids is 1. The van der Waals surface area contributed by atoms with Gasteiger partial charge in [-0.05, 0) is 111 Å². The zero-order valence-corrected chi connectivity index (χ0v) is 40.8. The molecule has 2 aliphatic carbocycles. The number of aliphatic hydroxyl groups is 1. The second-order valence-corrected chi connectivity index (χ2v) is 23.3. The van der Waals surface area contributed by atoms with Crippen LogP contribution in [-0.4, -0.2) is 95.6 Å². The minimum Gasteiger partial charge on any atom is -0.491 e. The van der Waals surface area contributed by atoms with E-state index in [2.05, 4.69) is 62.6 Å². The number of nitrogens with one attached hydrogen (secondary N) is 2. The Labute approximate surface area is 405 Å². The molecule has 69 heavy (non-hydrogen) atoms. The molecule has 0 unspecified atom stereocenters. The molecule has 1 amide bonds. The van der Waals surface area contributed by atoms with Crippen molar-refractivity contribution in [2.45, 2.75) is 117 Å². The van der Waals surface area contributed by atoms with Gasteiger partial charge >= 0.3 is 0 Å². The molecule has 1 spiro atoms. The number of amides is 1. The Morgan fingerprint density at radius 3 is 2.59 bits per heavy atom. The molecule has 4 fully saturated rings. The summed E-state index contributed by atoms with van der Waals surface area (Å²) >= 11 is 1.30. The number of pyridine rings is 1. The molecule has 10 rings (SSSR count). The highest BCUT2D eigenvalue weighted by Crippen LogP contribution is 2.54. The molecule has 2 saturated carbocycles. The smallest absolute Gasteiger partial charge is 0.288 e. The molecule has 2 saturated heterocycles. The van der Waals surface area contributed by atoms with Crippen LogP contribution in [0.1, 0.15) is 112 Å². The van der Waals surface area contributed by atoms with E-state index in [4.69, 9.17) is 14.2 Å². The summed E-state index contributed by atoms with van der Waals surface area (Å²) < 4.78 is 63.1. The molecule has 3 N–H and O–H groups in total. The van der Waals surface area contributed by atoms with Crippen molar-refractivity contribution in [3.05, 3.63) is 106 Å². The van der Waals surface area contributed by atoms with Crippen molar-refractivity contribution in [2.75, 3.05) is 44.4 Å². The van der Waals surface area contributed by atoms with E-state index in [0.29, 0.717) is 43.0 Å². The monoisotopic (exact) mass is 982 g/mol. The number of carbonyl (C=O) groups is 1. The number of aromatic nitrogens is 2. The van der Waals surface area contributed by atoms with Crippen LogP contribution in [-0.2, 0) is 14.8 Å². The molecular weight excluding hydrogens is 924 g/mol. The van der Waals surface area contributed by atoms with Gasteiger partial charge in [-0.2, -0.15) is 0 Å². The van der Waals surface area contributed by atoms with Crippen molar-refractivity contribution in [3.63, 3.8) is 0 Å². The number of morpholine rings is 1. The number of aromatic amines is 1. The first-order valence-electron chi connectivity index (χ1n) is 24.1. The number of sulfonamides is 1. The fourth-order valence-electron chi connectivity index (χ4n) is 11.3. The second-order valence-electron chi connectivity index (χ2n) is 20.3. The molecule has 5 aliphatic rings. The number of hydrogen-bond acceptors (Lipinski definition) is 13. The number of piperidine rings is 1. The van der Waals surface area contributed by atoms with E-state index in [-0.39, 0.29) is 56.4 Å². The normalized spacial score (nSPS) is 24.1. The zero-order valence-electron chi connectivity index (χ0n) is 39.1. The van der Waals surface area contributed by atoms with Crippen molar-refractivity contribution in [3.8, 4) is 17.2 Å². The van der Waals surface area contributed by atoms with Crippen molar-refractivity contribution >= 4 is 50.1 Å². The quantitative estimate of drug-likeness (QED) is 0.0792. The number of benzene rings is 3. The number of halogens is 1. The van der Waals surface area contributed by atoms with E-state index in [1.165, 1.54) is 53.5 Å². The van der Waals surface area contributed by atoms with E-state index in [1.54, 1.807) is 12.1 Å². The van der Waals surface area contributed by atoms with Crippen LogP contribution in [0.25, 0.3) is 11.0 Å². The Morgan fingerprint density at radius 2 is 1.84 bits per heavy atom. The van der Waals surface area contributed by atoms with Crippen molar-refractivity contribution < 1.29 is 41.8 Å². The predicted octanol–water partition coefficient (Wildman–Crippen LogP) is 9.65. The van der Waals surface area contributed by atoms with E-state index in [1.807, 2.05) is 6.92 Å². The summed E-state index contributed by atoms with van der Waals surface area (Å²) in [7, 11) is -4.70.